The summed E-state index contributed by atoms with van der Waals surface area (Å²) in [6.45, 7) is 0. The number of anilines is 1. The van der Waals surface area contributed by atoms with Gasteiger partial charge in [-0.05, 0) is 48.5 Å². The van der Waals surface area contributed by atoms with Crippen molar-refractivity contribution in [3.8, 4) is 11.3 Å². The zero-order valence-electron chi connectivity index (χ0n) is 11.9. The standard InChI is InChI=1S/C17H9Cl4NO2/c18-10-2-4-14(13(21)8-10)22-17(23)16-6-5-15(24-16)9-1-3-11(19)12(20)7-9/h1-8H,(H,22,23). The van der Waals surface area contributed by atoms with Crippen molar-refractivity contribution >= 4 is 58.0 Å². The second-order valence-corrected chi connectivity index (χ2v) is 6.53. The maximum atomic E-state index is 12.3. The smallest absolute Gasteiger partial charge is 0.291 e. The van der Waals surface area contributed by atoms with Crippen LogP contribution in [0.4, 0.5) is 5.69 Å². The minimum atomic E-state index is -0.425. The Morgan fingerprint density at radius 1 is 0.833 bits per heavy atom. The summed E-state index contributed by atoms with van der Waals surface area (Å²) in [4.78, 5) is 12.3. The number of amides is 1. The summed E-state index contributed by atoms with van der Waals surface area (Å²) in [7, 11) is 0. The Morgan fingerprint density at radius 2 is 1.62 bits per heavy atom. The number of halogens is 4. The molecule has 1 heterocycles. The molecular formula is C17H9Cl4NO2. The Balaban J connectivity index is 1.82. The molecule has 0 aliphatic rings. The van der Waals surface area contributed by atoms with E-state index in [2.05, 4.69) is 5.32 Å². The van der Waals surface area contributed by atoms with E-state index < -0.39 is 5.91 Å². The second-order valence-electron chi connectivity index (χ2n) is 4.87. The van der Waals surface area contributed by atoms with Gasteiger partial charge in [-0.3, -0.25) is 4.79 Å². The molecule has 0 saturated heterocycles. The summed E-state index contributed by atoms with van der Waals surface area (Å²) in [5.74, 6) is 0.216. The molecule has 1 amide bonds. The molecule has 0 spiro atoms. The summed E-state index contributed by atoms with van der Waals surface area (Å²) < 4.78 is 5.58. The maximum absolute atomic E-state index is 12.3. The average molecular weight is 401 g/mol. The SMILES string of the molecule is O=C(Nc1ccc(Cl)cc1Cl)c1ccc(-c2ccc(Cl)c(Cl)c2)o1. The van der Waals surface area contributed by atoms with E-state index in [9.17, 15) is 4.79 Å². The third-order valence-electron chi connectivity index (χ3n) is 3.21. The molecule has 1 aromatic heterocycles. The van der Waals surface area contributed by atoms with Crippen LogP contribution in [0.15, 0.2) is 52.9 Å². The summed E-state index contributed by atoms with van der Waals surface area (Å²) in [6, 6.07) is 13.1. The topological polar surface area (TPSA) is 42.2 Å². The van der Waals surface area contributed by atoms with Crippen molar-refractivity contribution in [2.45, 2.75) is 0 Å². The van der Waals surface area contributed by atoms with Crippen molar-refractivity contribution in [1.82, 2.24) is 0 Å². The molecule has 122 valence electrons. The van der Waals surface area contributed by atoms with E-state index in [0.717, 1.165) is 0 Å². The van der Waals surface area contributed by atoms with Crippen molar-refractivity contribution in [3.05, 3.63) is 74.4 Å². The molecule has 0 atom stereocenters. The normalized spacial score (nSPS) is 10.7. The van der Waals surface area contributed by atoms with Crippen LogP contribution in [0.3, 0.4) is 0 Å². The van der Waals surface area contributed by atoms with Gasteiger partial charge in [-0.2, -0.15) is 0 Å². The van der Waals surface area contributed by atoms with Crippen molar-refractivity contribution in [2.24, 2.45) is 0 Å². The molecule has 3 nitrogen and oxygen atoms in total. The largest absolute Gasteiger partial charge is 0.451 e. The van der Waals surface area contributed by atoms with Gasteiger partial charge < -0.3 is 9.73 Å². The van der Waals surface area contributed by atoms with E-state index in [4.69, 9.17) is 50.8 Å². The predicted molar refractivity (Wildman–Crippen MR) is 98.6 cm³/mol. The number of hydrogen-bond donors (Lipinski definition) is 1. The number of rotatable bonds is 3. The molecular weight excluding hydrogens is 392 g/mol. The van der Waals surface area contributed by atoms with Gasteiger partial charge in [0.2, 0.25) is 0 Å². The first-order valence-electron chi connectivity index (χ1n) is 6.76. The lowest BCUT2D eigenvalue weighted by atomic mass is 10.2. The fraction of sp³-hybridized carbons (Fsp3) is 0. The lowest BCUT2D eigenvalue weighted by molar-refractivity contribution is 0.0997. The highest BCUT2D eigenvalue weighted by atomic mass is 35.5. The van der Waals surface area contributed by atoms with Gasteiger partial charge in [0.25, 0.3) is 5.91 Å². The number of benzene rings is 2. The van der Waals surface area contributed by atoms with Gasteiger partial charge in [0.05, 0.1) is 20.8 Å². The van der Waals surface area contributed by atoms with Crippen LogP contribution in [0.25, 0.3) is 11.3 Å². The molecule has 2 aromatic carbocycles. The van der Waals surface area contributed by atoms with E-state index >= 15 is 0 Å². The Bertz CT molecular complexity index is 921. The average Bonchev–Trinajstić information content (AvgIpc) is 3.03. The number of carbonyl (C=O) groups is 1. The van der Waals surface area contributed by atoms with E-state index in [0.29, 0.717) is 37.1 Å². The summed E-state index contributed by atoms with van der Waals surface area (Å²) in [6.07, 6.45) is 0. The summed E-state index contributed by atoms with van der Waals surface area (Å²) in [5, 5.41) is 4.35. The van der Waals surface area contributed by atoms with Crippen LogP contribution in [0.2, 0.25) is 20.1 Å². The van der Waals surface area contributed by atoms with Crippen LogP contribution in [-0.4, -0.2) is 5.91 Å². The number of furan rings is 1. The van der Waals surface area contributed by atoms with Crippen LogP contribution in [0.5, 0.6) is 0 Å². The first kappa shape index (κ1) is 17.2. The van der Waals surface area contributed by atoms with Crippen LogP contribution >= 0.6 is 46.4 Å². The molecule has 1 N–H and O–H groups in total. The van der Waals surface area contributed by atoms with Gasteiger partial charge in [0, 0.05) is 10.6 Å². The van der Waals surface area contributed by atoms with Gasteiger partial charge in [-0.15, -0.1) is 0 Å². The fourth-order valence-electron chi connectivity index (χ4n) is 2.04. The van der Waals surface area contributed by atoms with E-state index in [1.807, 2.05) is 0 Å². The number of hydrogen-bond acceptors (Lipinski definition) is 2. The lowest BCUT2D eigenvalue weighted by Gasteiger charge is -2.06. The van der Waals surface area contributed by atoms with Gasteiger partial charge in [0.1, 0.15) is 5.76 Å². The molecule has 0 unspecified atom stereocenters. The minimum Gasteiger partial charge on any atom is -0.451 e. The summed E-state index contributed by atoms with van der Waals surface area (Å²) >= 11 is 23.8. The van der Waals surface area contributed by atoms with Crippen molar-refractivity contribution in [2.75, 3.05) is 5.32 Å². The van der Waals surface area contributed by atoms with Crippen molar-refractivity contribution in [1.29, 1.82) is 0 Å². The van der Waals surface area contributed by atoms with Crippen LogP contribution in [0, 0.1) is 0 Å². The third-order valence-corrected chi connectivity index (χ3v) is 4.50. The lowest BCUT2D eigenvalue weighted by Crippen LogP contribution is -2.11. The Hall–Kier alpha value is -1.65. The first-order valence-corrected chi connectivity index (χ1v) is 8.27. The van der Waals surface area contributed by atoms with Crippen LogP contribution in [0.1, 0.15) is 10.6 Å². The Labute approximate surface area is 158 Å². The number of carbonyl (C=O) groups excluding carboxylic acids is 1. The molecule has 3 aromatic rings. The quantitative estimate of drug-likeness (QED) is 0.524. The fourth-order valence-corrected chi connectivity index (χ4v) is 2.79. The second kappa shape index (κ2) is 7.08. The molecule has 0 bridgehead atoms. The number of nitrogens with one attached hydrogen (secondary N) is 1. The van der Waals surface area contributed by atoms with Gasteiger partial charge >= 0.3 is 0 Å². The highest BCUT2D eigenvalue weighted by molar-refractivity contribution is 6.42. The van der Waals surface area contributed by atoms with Gasteiger partial charge in [-0.25, -0.2) is 0 Å². The van der Waals surface area contributed by atoms with Crippen LogP contribution < -0.4 is 5.32 Å². The highest BCUT2D eigenvalue weighted by Gasteiger charge is 2.14. The molecule has 0 fully saturated rings. The Morgan fingerprint density at radius 3 is 2.33 bits per heavy atom. The molecule has 0 saturated carbocycles. The predicted octanol–water partition coefficient (Wildman–Crippen LogP) is 6.81. The Kier molecular flexibility index (Phi) is 5.07. The zero-order chi connectivity index (χ0) is 17.3. The van der Waals surface area contributed by atoms with Gasteiger partial charge in [-0.1, -0.05) is 46.4 Å². The summed E-state index contributed by atoms with van der Waals surface area (Å²) in [5.41, 5.74) is 1.16. The van der Waals surface area contributed by atoms with Crippen molar-refractivity contribution in [3.63, 3.8) is 0 Å². The molecule has 24 heavy (non-hydrogen) atoms. The van der Waals surface area contributed by atoms with E-state index in [1.165, 1.54) is 0 Å². The van der Waals surface area contributed by atoms with Crippen LogP contribution in [-0.2, 0) is 0 Å². The van der Waals surface area contributed by atoms with E-state index in [1.54, 1.807) is 48.5 Å². The molecule has 0 aliphatic carbocycles. The highest BCUT2D eigenvalue weighted by Crippen LogP contribution is 2.30. The third kappa shape index (κ3) is 3.70. The molecule has 0 aliphatic heterocycles. The zero-order valence-corrected chi connectivity index (χ0v) is 15.0. The van der Waals surface area contributed by atoms with Gasteiger partial charge in [0.15, 0.2) is 5.76 Å². The monoisotopic (exact) mass is 399 g/mol. The van der Waals surface area contributed by atoms with Crippen molar-refractivity contribution < 1.29 is 9.21 Å². The first-order chi connectivity index (χ1) is 11.4. The van der Waals surface area contributed by atoms with E-state index in [-0.39, 0.29) is 5.76 Å². The minimum absolute atomic E-state index is 0.141. The molecule has 0 radical (unpaired) electrons. The maximum Gasteiger partial charge on any atom is 0.291 e. The molecule has 7 heteroatoms. The molecule has 3 rings (SSSR count).